The fourth-order valence-corrected chi connectivity index (χ4v) is 4.76. The van der Waals surface area contributed by atoms with E-state index in [1.807, 2.05) is 31.3 Å². The van der Waals surface area contributed by atoms with Crippen molar-refractivity contribution in [3.8, 4) is 11.5 Å². The monoisotopic (exact) mass is 508 g/mol. The van der Waals surface area contributed by atoms with Gasteiger partial charge in [0, 0.05) is 39.0 Å². The quantitative estimate of drug-likeness (QED) is 0.333. The number of methoxy groups -OCH3 is 1. The molecule has 4 rings (SSSR count). The lowest BCUT2D eigenvalue weighted by molar-refractivity contribution is -0.0548. The van der Waals surface area contributed by atoms with Crippen LogP contribution in [0.4, 0.5) is 4.39 Å². The molecule has 1 atom stereocenters. The van der Waals surface area contributed by atoms with Crippen LogP contribution in [0, 0.1) is 12.7 Å². The zero-order valence-electron chi connectivity index (χ0n) is 21.8. The Labute approximate surface area is 218 Å². The number of pyridine rings is 1. The van der Waals surface area contributed by atoms with Crippen molar-refractivity contribution in [1.29, 1.82) is 0 Å². The minimum atomic E-state index is -0.418. The molecule has 1 aromatic heterocycles. The molecule has 198 valence electrons. The van der Waals surface area contributed by atoms with Crippen molar-refractivity contribution in [2.75, 3.05) is 33.4 Å². The first kappa shape index (κ1) is 26.9. The van der Waals surface area contributed by atoms with Crippen LogP contribution in [0.5, 0.6) is 11.5 Å². The standard InChI is InChI=1S/C30H37FN2O4/c1-24-9-14-29(34)33(21-24)18-6-20-36-26-12-10-25(11-13-26)22-32-17-5-15-30(35-2,16-19-32)23-37-28-8-4-3-7-27(28)31/h3-4,7-14,21H,5-6,15-20,22-23H2,1-2H3/t30-/m0/s1. The predicted molar refractivity (Wildman–Crippen MR) is 143 cm³/mol. The van der Waals surface area contributed by atoms with Gasteiger partial charge in [0.05, 0.1) is 6.61 Å². The molecule has 2 heterocycles. The molecular weight excluding hydrogens is 471 g/mol. The molecule has 3 aromatic rings. The number of nitrogens with zero attached hydrogens (tertiary/aromatic N) is 2. The normalized spacial score (nSPS) is 18.4. The van der Waals surface area contributed by atoms with Gasteiger partial charge in [-0.2, -0.15) is 0 Å². The van der Waals surface area contributed by atoms with Gasteiger partial charge in [0.2, 0.25) is 0 Å². The Morgan fingerprint density at radius 1 is 0.973 bits per heavy atom. The van der Waals surface area contributed by atoms with E-state index in [2.05, 4.69) is 17.0 Å². The van der Waals surface area contributed by atoms with E-state index in [-0.39, 0.29) is 17.1 Å². The lowest BCUT2D eigenvalue weighted by atomic mass is 9.95. The van der Waals surface area contributed by atoms with Crippen LogP contribution in [0.3, 0.4) is 0 Å². The summed E-state index contributed by atoms with van der Waals surface area (Å²) in [5, 5.41) is 0. The molecule has 37 heavy (non-hydrogen) atoms. The van der Waals surface area contributed by atoms with Crippen LogP contribution in [0.1, 0.15) is 36.8 Å². The van der Waals surface area contributed by atoms with Crippen molar-refractivity contribution in [3.05, 3.63) is 94.2 Å². The average molecular weight is 509 g/mol. The highest BCUT2D eigenvalue weighted by Gasteiger charge is 2.34. The second kappa shape index (κ2) is 12.9. The molecule has 1 aliphatic heterocycles. The molecule has 0 spiro atoms. The summed E-state index contributed by atoms with van der Waals surface area (Å²) in [5.74, 6) is 0.754. The minimum Gasteiger partial charge on any atom is -0.494 e. The van der Waals surface area contributed by atoms with E-state index in [0.29, 0.717) is 19.8 Å². The van der Waals surface area contributed by atoms with Crippen LogP contribution >= 0.6 is 0 Å². The van der Waals surface area contributed by atoms with Crippen molar-refractivity contribution < 1.29 is 18.6 Å². The number of hydrogen-bond donors (Lipinski definition) is 0. The first-order valence-corrected chi connectivity index (χ1v) is 13.0. The highest BCUT2D eigenvalue weighted by atomic mass is 19.1. The molecule has 2 aromatic carbocycles. The Hall–Kier alpha value is -3.16. The van der Waals surface area contributed by atoms with E-state index in [1.165, 1.54) is 11.6 Å². The minimum absolute atomic E-state index is 0.0174. The number of benzene rings is 2. The van der Waals surface area contributed by atoms with E-state index in [9.17, 15) is 9.18 Å². The third-order valence-electron chi connectivity index (χ3n) is 7.02. The van der Waals surface area contributed by atoms with Crippen molar-refractivity contribution >= 4 is 0 Å². The van der Waals surface area contributed by atoms with Gasteiger partial charge in [0.1, 0.15) is 18.0 Å². The van der Waals surface area contributed by atoms with Gasteiger partial charge >= 0.3 is 0 Å². The molecule has 0 radical (unpaired) electrons. The van der Waals surface area contributed by atoms with Crippen LogP contribution in [-0.2, 0) is 17.8 Å². The first-order chi connectivity index (χ1) is 18.0. The van der Waals surface area contributed by atoms with Gasteiger partial charge in [-0.15, -0.1) is 0 Å². The maximum atomic E-state index is 14.0. The lowest BCUT2D eigenvalue weighted by Crippen LogP contribution is -2.39. The third kappa shape index (κ3) is 7.66. The number of ether oxygens (including phenoxy) is 3. The zero-order chi connectivity index (χ0) is 26.1. The average Bonchev–Trinajstić information content (AvgIpc) is 3.11. The molecule has 0 N–H and O–H groups in total. The van der Waals surface area contributed by atoms with E-state index >= 15 is 0 Å². The van der Waals surface area contributed by atoms with Gasteiger partial charge in [-0.3, -0.25) is 9.69 Å². The van der Waals surface area contributed by atoms with Crippen LogP contribution in [0.15, 0.2) is 71.7 Å². The Balaban J connectivity index is 1.23. The first-order valence-electron chi connectivity index (χ1n) is 13.0. The van der Waals surface area contributed by atoms with Crippen molar-refractivity contribution in [2.45, 2.75) is 51.3 Å². The van der Waals surface area contributed by atoms with Crippen LogP contribution < -0.4 is 15.0 Å². The number of aryl methyl sites for hydroxylation is 2. The molecule has 0 amide bonds. The van der Waals surface area contributed by atoms with Crippen LogP contribution in [-0.4, -0.2) is 48.5 Å². The van der Waals surface area contributed by atoms with Crippen molar-refractivity contribution in [3.63, 3.8) is 0 Å². The molecule has 6 nitrogen and oxygen atoms in total. The highest BCUT2D eigenvalue weighted by molar-refractivity contribution is 5.27. The molecule has 1 aliphatic rings. The number of hydrogen-bond acceptors (Lipinski definition) is 5. The summed E-state index contributed by atoms with van der Waals surface area (Å²) in [4.78, 5) is 14.3. The van der Waals surface area contributed by atoms with Gasteiger partial charge in [0.25, 0.3) is 5.56 Å². The molecule has 7 heteroatoms. The molecule has 0 saturated carbocycles. The number of likely N-dealkylation sites (tertiary alicyclic amines) is 1. The molecule has 0 aliphatic carbocycles. The van der Waals surface area contributed by atoms with Gasteiger partial charge in [0.15, 0.2) is 11.6 Å². The molecule has 0 unspecified atom stereocenters. The topological polar surface area (TPSA) is 52.9 Å². The lowest BCUT2D eigenvalue weighted by Gasteiger charge is -2.31. The summed E-state index contributed by atoms with van der Waals surface area (Å²) >= 11 is 0. The van der Waals surface area contributed by atoms with Crippen molar-refractivity contribution in [2.24, 2.45) is 0 Å². The van der Waals surface area contributed by atoms with Gasteiger partial charge in [-0.1, -0.05) is 30.3 Å². The second-order valence-corrected chi connectivity index (χ2v) is 9.82. The summed E-state index contributed by atoms with van der Waals surface area (Å²) < 4.78 is 33.3. The summed E-state index contributed by atoms with van der Waals surface area (Å²) in [6.07, 6.45) is 5.33. The fourth-order valence-electron chi connectivity index (χ4n) is 4.76. The van der Waals surface area contributed by atoms with E-state index in [0.717, 1.165) is 56.6 Å². The Morgan fingerprint density at radius 2 is 1.78 bits per heavy atom. The van der Waals surface area contributed by atoms with Crippen LogP contribution in [0.25, 0.3) is 0 Å². The summed E-state index contributed by atoms with van der Waals surface area (Å²) in [6, 6.07) is 18.2. The SMILES string of the molecule is CO[C@@]1(COc2ccccc2F)CCCN(Cc2ccc(OCCCn3cc(C)ccc3=O)cc2)CC1. The number of rotatable bonds is 11. The largest absolute Gasteiger partial charge is 0.494 e. The number of aromatic nitrogens is 1. The summed E-state index contributed by atoms with van der Waals surface area (Å²) in [7, 11) is 1.72. The Morgan fingerprint density at radius 3 is 2.57 bits per heavy atom. The maximum Gasteiger partial charge on any atom is 0.250 e. The summed E-state index contributed by atoms with van der Waals surface area (Å²) in [6.45, 7) is 6.22. The Bertz CT molecular complexity index is 1200. The molecule has 1 saturated heterocycles. The maximum absolute atomic E-state index is 14.0. The third-order valence-corrected chi connectivity index (χ3v) is 7.02. The highest BCUT2D eigenvalue weighted by Crippen LogP contribution is 2.29. The van der Waals surface area contributed by atoms with Crippen LogP contribution in [0.2, 0.25) is 0 Å². The van der Waals surface area contributed by atoms with E-state index in [4.69, 9.17) is 14.2 Å². The van der Waals surface area contributed by atoms with Gasteiger partial charge in [-0.05, 0) is 74.5 Å². The molecule has 1 fully saturated rings. The molecule has 0 bridgehead atoms. The fraction of sp³-hybridized carbons (Fsp3) is 0.433. The van der Waals surface area contributed by atoms with E-state index in [1.54, 1.807) is 35.9 Å². The van der Waals surface area contributed by atoms with Gasteiger partial charge < -0.3 is 18.8 Å². The smallest absolute Gasteiger partial charge is 0.250 e. The summed E-state index contributed by atoms with van der Waals surface area (Å²) in [5.41, 5.74) is 1.90. The zero-order valence-corrected chi connectivity index (χ0v) is 21.8. The van der Waals surface area contributed by atoms with Crippen molar-refractivity contribution in [1.82, 2.24) is 9.47 Å². The predicted octanol–water partition coefficient (Wildman–Crippen LogP) is 5.22. The molecular formula is C30H37FN2O4. The van der Waals surface area contributed by atoms with Gasteiger partial charge in [-0.25, -0.2) is 4.39 Å². The Kier molecular flexibility index (Phi) is 9.36. The van der Waals surface area contributed by atoms with E-state index < -0.39 is 5.60 Å². The second-order valence-electron chi connectivity index (χ2n) is 9.82. The number of halogens is 1. The number of para-hydroxylation sites is 1.